The molecule has 3 N–H and O–H groups in total. The molecule has 0 amide bonds. The predicted molar refractivity (Wildman–Crippen MR) is 81.4 cm³/mol. The standard InChI is InChI=1S/C13H17ClN4O2S/c1-2-15-9-11-5-12(3-4-13(11)14)21(19,20)18-8-10-6-16-17-7-10/h3-7,15,18H,2,8-9H2,1H3,(H,16,17). The zero-order valence-electron chi connectivity index (χ0n) is 11.6. The fraction of sp³-hybridized carbons (Fsp3) is 0.308. The molecule has 6 nitrogen and oxygen atoms in total. The number of H-pyrrole nitrogens is 1. The van der Waals surface area contributed by atoms with Gasteiger partial charge in [0.15, 0.2) is 0 Å². The topological polar surface area (TPSA) is 86.9 Å². The van der Waals surface area contributed by atoms with E-state index in [0.29, 0.717) is 11.6 Å². The molecule has 0 saturated carbocycles. The number of nitrogens with one attached hydrogen (secondary N) is 3. The number of benzene rings is 1. The maximum atomic E-state index is 12.3. The van der Waals surface area contributed by atoms with Crippen molar-refractivity contribution in [1.29, 1.82) is 0 Å². The van der Waals surface area contributed by atoms with Gasteiger partial charge < -0.3 is 5.32 Å². The van der Waals surface area contributed by atoms with Crippen molar-refractivity contribution in [2.75, 3.05) is 6.54 Å². The average Bonchev–Trinajstić information content (AvgIpc) is 2.97. The number of sulfonamides is 1. The van der Waals surface area contributed by atoms with E-state index in [9.17, 15) is 8.42 Å². The molecule has 0 spiro atoms. The number of nitrogens with zero attached hydrogens (tertiary/aromatic N) is 1. The van der Waals surface area contributed by atoms with Crippen molar-refractivity contribution in [3.8, 4) is 0 Å². The maximum absolute atomic E-state index is 12.3. The SMILES string of the molecule is CCNCc1cc(S(=O)(=O)NCc2cn[nH]c2)ccc1Cl. The fourth-order valence-corrected chi connectivity index (χ4v) is 3.00. The third-order valence-corrected chi connectivity index (χ3v) is 4.68. The van der Waals surface area contributed by atoms with E-state index in [0.717, 1.165) is 17.7 Å². The molecule has 0 atom stereocenters. The van der Waals surface area contributed by atoms with Crippen LogP contribution in [-0.2, 0) is 23.1 Å². The molecule has 0 aliphatic carbocycles. The second-order valence-electron chi connectivity index (χ2n) is 4.46. The smallest absolute Gasteiger partial charge is 0.240 e. The Hall–Kier alpha value is -1.41. The van der Waals surface area contributed by atoms with Crippen LogP contribution in [0.4, 0.5) is 0 Å². The van der Waals surface area contributed by atoms with Crippen LogP contribution in [0.2, 0.25) is 5.02 Å². The zero-order chi connectivity index (χ0) is 15.3. The summed E-state index contributed by atoms with van der Waals surface area (Å²) in [6.45, 7) is 3.47. The van der Waals surface area contributed by atoms with Crippen LogP contribution in [0.3, 0.4) is 0 Å². The number of rotatable bonds is 7. The summed E-state index contributed by atoms with van der Waals surface area (Å²) >= 11 is 6.07. The largest absolute Gasteiger partial charge is 0.313 e. The molecule has 1 heterocycles. The third kappa shape index (κ3) is 4.28. The van der Waals surface area contributed by atoms with Crippen LogP contribution in [0.25, 0.3) is 0 Å². The molecule has 0 bridgehead atoms. The Morgan fingerprint density at radius 3 is 2.81 bits per heavy atom. The van der Waals surface area contributed by atoms with Crippen LogP contribution in [0.1, 0.15) is 18.1 Å². The highest BCUT2D eigenvalue weighted by Crippen LogP contribution is 2.20. The summed E-state index contributed by atoms with van der Waals surface area (Å²) in [7, 11) is -3.58. The highest BCUT2D eigenvalue weighted by Gasteiger charge is 2.15. The molecule has 8 heteroatoms. The minimum Gasteiger partial charge on any atom is -0.313 e. The van der Waals surface area contributed by atoms with Gasteiger partial charge in [-0.15, -0.1) is 0 Å². The highest BCUT2D eigenvalue weighted by molar-refractivity contribution is 7.89. The van der Waals surface area contributed by atoms with Gasteiger partial charge >= 0.3 is 0 Å². The Labute approximate surface area is 129 Å². The van der Waals surface area contributed by atoms with Crippen molar-refractivity contribution >= 4 is 21.6 Å². The fourth-order valence-electron chi connectivity index (χ4n) is 1.75. The van der Waals surface area contributed by atoms with E-state index in [1.807, 2.05) is 6.92 Å². The lowest BCUT2D eigenvalue weighted by atomic mass is 10.2. The predicted octanol–water partition coefficient (Wildman–Crippen LogP) is 1.65. The number of halogens is 1. The van der Waals surface area contributed by atoms with E-state index < -0.39 is 10.0 Å². The van der Waals surface area contributed by atoms with Crippen LogP contribution in [0, 0.1) is 0 Å². The van der Waals surface area contributed by atoms with Gasteiger partial charge in [-0.1, -0.05) is 18.5 Å². The molecule has 1 aromatic heterocycles. The van der Waals surface area contributed by atoms with E-state index in [1.54, 1.807) is 24.5 Å². The van der Waals surface area contributed by atoms with Crippen molar-refractivity contribution in [2.45, 2.75) is 24.9 Å². The van der Waals surface area contributed by atoms with Crippen molar-refractivity contribution < 1.29 is 8.42 Å². The summed E-state index contributed by atoms with van der Waals surface area (Å²) in [6.07, 6.45) is 3.21. The quantitative estimate of drug-likeness (QED) is 0.721. The minimum absolute atomic E-state index is 0.185. The summed E-state index contributed by atoms with van der Waals surface area (Å²) in [5.74, 6) is 0. The molecule has 0 radical (unpaired) electrons. The van der Waals surface area contributed by atoms with Crippen molar-refractivity contribution in [3.63, 3.8) is 0 Å². The minimum atomic E-state index is -3.58. The Morgan fingerprint density at radius 2 is 2.14 bits per heavy atom. The van der Waals surface area contributed by atoms with E-state index in [-0.39, 0.29) is 11.4 Å². The second kappa shape index (κ2) is 7.04. The van der Waals surface area contributed by atoms with E-state index in [4.69, 9.17) is 11.6 Å². The monoisotopic (exact) mass is 328 g/mol. The normalized spacial score (nSPS) is 11.7. The molecule has 2 rings (SSSR count). The molecule has 0 saturated heterocycles. The molecule has 0 unspecified atom stereocenters. The lowest BCUT2D eigenvalue weighted by molar-refractivity contribution is 0.581. The summed E-state index contributed by atoms with van der Waals surface area (Å²) < 4.78 is 27.0. The lowest BCUT2D eigenvalue weighted by Crippen LogP contribution is -2.23. The molecule has 0 aliphatic rings. The first-order chi connectivity index (χ1) is 10.0. The van der Waals surface area contributed by atoms with Crippen LogP contribution in [-0.4, -0.2) is 25.2 Å². The van der Waals surface area contributed by atoms with Crippen molar-refractivity contribution in [1.82, 2.24) is 20.2 Å². The van der Waals surface area contributed by atoms with Crippen LogP contribution in [0.5, 0.6) is 0 Å². The van der Waals surface area contributed by atoms with Gasteiger partial charge in [0.2, 0.25) is 10.0 Å². The molecular formula is C13H17ClN4O2S. The van der Waals surface area contributed by atoms with Gasteiger partial charge in [0.25, 0.3) is 0 Å². The number of aromatic nitrogens is 2. The first-order valence-electron chi connectivity index (χ1n) is 6.49. The Morgan fingerprint density at radius 1 is 1.33 bits per heavy atom. The zero-order valence-corrected chi connectivity index (χ0v) is 13.1. The summed E-state index contributed by atoms with van der Waals surface area (Å²) in [5.41, 5.74) is 1.52. The molecule has 2 aromatic rings. The van der Waals surface area contributed by atoms with Gasteiger partial charge in [-0.25, -0.2) is 13.1 Å². The highest BCUT2D eigenvalue weighted by atomic mass is 35.5. The summed E-state index contributed by atoms with van der Waals surface area (Å²) in [5, 5.41) is 10.1. The van der Waals surface area contributed by atoms with Gasteiger partial charge in [-0.2, -0.15) is 5.10 Å². The molecule has 0 aliphatic heterocycles. The molecule has 0 fully saturated rings. The van der Waals surface area contributed by atoms with Crippen molar-refractivity contribution in [3.05, 3.63) is 46.7 Å². The van der Waals surface area contributed by atoms with Crippen molar-refractivity contribution in [2.24, 2.45) is 0 Å². The summed E-state index contributed by atoms with van der Waals surface area (Å²) in [6, 6.07) is 4.68. The van der Waals surface area contributed by atoms with Crippen LogP contribution in [0.15, 0.2) is 35.5 Å². The van der Waals surface area contributed by atoms with E-state index >= 15 is 0 Å². The van der Waals surface area contributed by atoms with Gasteiger partial charge in [0, 0.05) is 29.9 Å². The molecule has 21 heavy (non-hydrogen) atoms. The van der Waals surface area contributed by atoms with Crippen LogP contribution >= 0.6 is 11.6 Å². The van der Waals surface area contributed by atoms with Gasteiger partial charge in [0.1, 0.15) is 0 Å². The van der Waals surface area contributed by atoms with Gasteiger partial charge in [-0.3, -0.25) is 5.10 Å². The van der Waals surface area contributed by atoms with E-state index in [2.05, 4.69) is 20.2 Å². The van der Waals surface area contributed by atoms with E-state index in [1.165, 1.54) is 6.07 Å². The number of hydrogen-bond acceptors (Lipinski definition) is 4. The summed E-state index contributed by atoms with van der Waals surface area (Å²) in [4.78, 5) is 0.197. The Balaban J connectivity index is 2.15. The van der Waals surface area contributed by atoms with Crippen LogP contribution < -0.4 is 10.0 Å². The third-order valence-electron chi connectivity index (χ3n) is 2.91. The maximum Gasteiger partial charge on any atom is 0.240 e. The Bertz CT molecular complexity index is 686. The first kappa shape index (κ1) is 16.0. The Kier molecular flexibility index (Phi) is 5.35. The van der Waals surface area contributed by atoms with Gasteiger partial charge in [-0.05, 0) is 30.3 Å². The molecular weight excluding hydrogens is 312 g/mol. The first-order valence-corrected chi connectivity index (χ1v) is 8.35. The second-order valence-corrected chi connectivity index (χ2v) is 6.64. The number of hydrogen-bond donors (Lipinski definition) is 3. The average molecular weight is 329 g/mol. The lowest BCUT2D eigenvalue weighted by Gasteiger charge is -2.10. The molecule has 1 aromatic carbocycles. The molecule has 114 valence electrons. The number of aromatic amines is 1. The van der Waals surface area contributed by atoms with Gasteiger partial charge in [0.05, 0.1) is 11.1 Å².